The SMILES string of the molecule is CN(CC(=O)O)[C@@H]1CN(CC(=O)N2CCc3ccccc32)C[C@H]1O. The van der Waals surface area contributed by atoms with Gasteiger partial charge in [-0.3, -0.25) is 19.4 Å². The molecule has 130 valence electrons. The summed E-state index contributed by atoms with van der Waals surface area (Å²) in [7, 11) is 1.68. The molecule has 0 unspecified atom stereocenters. The number of aliphatic hydroxyl groups is 1. The molecule has 0 bridgehead atoms. The maximum Gasteiger partial charge on any atom is 0.317 e. The topological polar surface area (TPSA) is 84.3 Å². The van der Waals surface area contributed by atoms with Crippen LogP contribution in [0.15, 0.2) is 24.3 Å². The lowest BCUT2D eigenvalue weighted by molar-refractivity contribution is -0.138. The van der Waals surface area contributed by atoms with Gasteiger partial charge >= 0.3 is 5.97 Å². The van der Waals surface area contributed by atoms with E-state index in [1.807, 2.05) is 29.2 Å². The molecule has 2 N–H and O–H groups in total. The van der Waals surface area contributed by atoms with Crippen molar-refractivity contribution in [3.8, 4) is 0 Å². The highest BCUT2D eigenvalue weighted by atomic mass is 16.4. The second kappa shape index (κ2) is 6.88. The number of fused-ring (bicyclic) bond motifs is 1. The third-order valence-corrected chi connectivity index (χ3v) is 4.83. The standard InChI is InChI=1S/C17H23N3O4/c1-18(11-17(23)24)14-8-19(9-15(14)21)10-16(22)20-7-6-12-4-2-3-5-13(12)20/h2-5,14-15,21H,6-11H2,1H3,(H,23,24)/t14-,15-/m1/s1. The van der Waals surface area contributed by atoms with Crippen LogP contribution in [-0.4, -0.2) is 83.8 Å². The number of aliphatic hydroxyl groups excluding tert-OH is 1. The second-order valence-corrected chi connectivity index (χ2v) is 6.56. The highest BCUT2D eigenvalue weighted by Crippen LogP contribution is 2.27. The number of carboxylic acids is 1. The van der Waals surface area contributed by atoms with Crippen LogP contribution in [0.5, 0.6) is 0 Å². The van der Waals surface area contributed by atoms with Crippen LogP contribution in [0.2, 0.25) is 0 Å². The molecule has 0 saturated carbocycles. The number of hydrogen-bond acceptors (Lipinski definition) is 5. The summed E-state index contributed by atoms with van der Waals surface area (Å²) in [6.45, 7) is 1.69. The average Bonchev–Trinajstić information content (AvgIpc) is 3.10. The first-order valence-corrected chi connectivity index (χ1v) is 8.16. The zero-order valence-corrected chi connectivity index (χ0v) is 13.8. The smallest absolute Gasteiger partial charge is 0.317 e. The van der Waals surface area contributed by atoms with E-state index in [1.165, 1.54) is 5.56 Å². The first kappa shape index (κ1) is 16.9. The number of rotatable bonds is 5. The largest absolute Gasteiger partial charge is 0.480 e. The summed E-state index contributed by atoms with van der Waals surface area (Å²) < 4.78 is 0. The lowest BCUT2D eigenvalue weighted by Crippen LogP contribution is -2.43. The number of carboxylic acid groups (broad SMARTS) is 1. The fourth-order valence-electron chi connectivity index (χ4n) is 3.61. The predicted octanol–water partition coefficient (Wildman–Crippen LogP) is -0.363. The number of carbonyl (C=O) groups excluding carboxylic acids is 1. The van der Waals surface area contributed by atoms with Crippen LogP contribution in [-0.2, 0) is 16.0 Å². The van der Waals surface area contributed by atoms with Crippen molar-refractivity contribution in [3.63, 3.8) is 0 Å². The summed E-state index contributed by atoms with van der Waals surface area (Å²) in [6.07, 6.45) is 0.224. The minimum atomic E-state index is -0.923. The summed E-state index contributed by atoms with van der Waals surface area (Å²) in [6, 6.07) is 7.65. The lowest BCUT2D eigenvalue weighted by Gasteiger charge is -2.25. The Morgan fingerprint density at radius 2 is 2.04 bits per heavy atom. The van der Waals surface area contributed by atoms with E-state index in [4.69, 9.17) is 5.11 Å². The molecule has 7 nitrogen and oxygen atoms in total. The highest BCUT2D eigenvalue weighted by molar-refractivity contribution is 5.96. The molecule has 0 radical (unpaired) electrons. The number of likely N-dealkylation sites (tertiary alicyclic amines) is 1. The van der Waals surface area contributed by atoms with E-state index in [9.17, 15) is 14.7 Å². The van der Waals surface area contributed by atoms with Crippen LogP contribution in [0.25, 0.3) is 0 Å². The van der Waals surface area contributed by atoms with E-state index >= 15 is 0 Å². The highest BCUT2D eigenvalue weighted by Gasteiger charge is 2.36. The van der Waals surface area contributed by atoms with Gasteiger partial charge in [0.15, 0.2) is 0 Å². The Morgan fingerprint density at radius 1 is 1.29 bits per heavy atom. The molecule has 24 heavy (non-hydrogen) atoms. The molecule has 0 aliphatic carbocycles. The molecule has 1 aromatic rings. The minimum Gasteiger partial charge on any atom is -0.480 e. The number of carbonyl (C=O) groups is 2. The Balaban J connectivity index is 1.59. The number of β-amino-alcohol motifs (C(OH)–C–C–N with tert-alkyl or cyclic N) is 1. The number of nitrogens with zero attached hydrogens (tertiary/aromatic N) is 3. The molecular weight excluding hydrogens is 310 g/mol. The van der Waals surface area contributed by atoms with Crippen LogP contribution >= 0.6 is 0 Å². The molecule has 2 aliphatic heterocycles. The zero-order chi connectivity index (χ0) is 17.3. The third-order valence-electron chi connectivity index (χ3n) is 4.83. The molecular formula is C17H23N3O4. The number of aliphatic carboxylic acids is 1. The van der Waals surface area contributed by atoms with Crippen LogP contribution in [0.3, 0.4) is 0 Å². The molecule has 7 heteroatoms. The Bertz CT molecular complexity index is 636. The predicted molar refractivity (Wildman–Crippen MR) is 89.0 cm³/mol. The number of benzene rings is 1. The summed E-state index contributed by atoms with van der Waals surface area (Å²) in [5, 5.41) is 19.1. The van der Waals surface area contributed by atoms with Crippen molar-refractivity contribution in [1.29, 1.82) is 0 Å². The van der Waals surface area contributed by atoms with Gasteiger partial charge in [-0.2, -0.15) is 0 Å². The van der Waals surface area contributed by atoms with Crippen molar-refractivity contribution in [3.05, 3.63) is 29.8 Å². The summed E-state index contributed by atoms with van der Waals surface area (Å²) >= 11 is 0. The van der Waals surface area contributed by atoms with E-state index in [-0.39, 0.29) is 25.0 Å². The molecule has 2 atom stereocenters. The molecule has 2 aliphatic rings. The number of amides is 1. The number of hydrogen-bond donors (Lipinski definition) is 2. The van der Waals surface area contributed by atoms with Crippen LogP contribution in [0.1, 0.15) is 5.56 Å². The summed E-state index contributed by atoms with van der Waals surface area (Å²) in [4.78, 5) is 28.8. The van der Waals surface area contributed by atoms with Gasteiger partial charge in [0.25, 0.3) is 0 Å². The van der Waals surface area contributed by atoms with Gasteiger partial charge in [-0.1, -0.05) is 18.2 Å². The summed E-state index contributed by atoms with van der Waals surface area (Å²) in [5.41, 5.74) is 2.16. The van der Waals surface area contributed by atoms with E-state index in [2.05, 4.69) is 0 Å². The number of likely N-dealkylation sites (N-methyl/N-ethyl adjacent to an activating group) is 1. The molecule has 0 aromatic heterocycles. The van der Waals surface area contributed by atoms with Gasteiger partial charge in [0.05, 0.1) is 19.2 Å². The minimum absolute atomic E-state index is 0.0219. The molecule has 2 heterocycles. The quantitative estimate of drug-likeness (QED) is 0.765. The fourth-order valence-corrected chi connectivity index (χ4v) is 3.61. The van der Waals surface area contributed by atoms with Gasteiger partial charge < -0.3 is 15.1 Å². The number of para-hydroxylation sites is 1. The Labute approximate surface area is 141 Å². The van der Waals surface area contributed by atoms with E-state index in [0.29, 0.717) is 19.6 Å². The maximum absolute atomic E-state index is 12.6. The molecule has 0 spiro atoms. The number of anilines is 1. The Kier molecular flexibility index (Phi) is 4.84. The van der Waals surface area contributed by atoms with Crippen LogP contribution in [0, 0.1) is 0 Å². The molecule has 1 saturated heterocycles. The maximum atomic E-state index is 12.6. The molecule has 1 fully saturated rings. The van der Waals surface area contributed by atoms with Gasteiger partial charge in [0.1, 0.15) is 0 Å². The average molecular weight is 333 g/mol. The molecule has 3 rings (SSSR count). The van der Waals surface area contributed by atoms with E-state index in [0.717, 1.165) is 12.1 Å². The lowest BCUT2D eigenvalue weighted by atomic mass is 10.2. The summed E-state index contributed by atoms with van der Waals surface area (Å²) in [5.74, 6) is -0.901. The first-order valence-electron chi connectivity index (χ1n) is 8.16. The normalized spacial score (nSPS) is 23.7. The Morgan fingerprint density at radius 3 is 2.79 bits per heavy atom. The van der Waals surface area contributed by atoms with E-state index in [1.54, 1.807) is 16.8 Å². The van der Waals surface area contributed by atoms with Crippen LogP contribution in [0.4, 0.5) is 5.69 Å². The van der Waals surface area contributed by atoms with Crippen LogP contribution < -0.4 is 4.90 Å². The van der Waals surface area contributed by atoms with Crippen molar-refractivity contribution in [2.24, 2.45) is 0 Å². The zero-order valence-electron chi connectivity index (χ0n) is 13.8. The van der Waals surface area contributed by atoms with Gasteiger partial charge in [0.2, 0.25) is 5.91 Å². The van der Waals surface area contributed by atoms with Crippen molar-refractivity contribution in [1.82, 2.24) is 9.80 Å². The van der Waals surface area contributed by atoms with Crippen molar-refractivity contribution in [2.75, 3.05) is 44.7 Å². The van der Waals surface area contributed by atoms with Crippen molar-refractivity contribution < 1.29 is 19.8 Å². The second-order valence-electron chi connectivity index (χ2n) is 6.56. The molecule has 1 aromatic carbocycles. The van der Waals surface area contributed by atoms with Crippen molar-refractivity contribution >= 4 is 17.6 Å². The fraction of sp³-hybridized carbons (Fsp3) is 0.529. The third kappa shape index (κ3) is 3.43. The van der Waals surface area contributed by atoms with Gasteiger partial charge in [0, 0.05) is 31.4 Å². The van der Waals surface area contributed by atoms with Crippen molar-refractivity contribution in [2.45, 2.75) is 18.6 Å². The molecule has 1 amide bonds. The van der Waals surface area contributed by atoms with Gasteiger partial charge in [-0.25, -0.2) is 0 Å². The van der Waals surface area contributed by atoms with E-state index < -0.39 is 12.1 Å². The monoisotopic (exact) mass is 333 g/mol. The van der Waals surface area contributed by atoms with Gasteiger partial charge in [-0.05, 0) is 25.1 Å². The van der Waals surface area contributed by atoms with Gasteiger partial charge in [-0.15, -0.1) is 0 Å². The first-order chi connectivity index (χ1) is 11.5. The Hall–Kier alpha value is -1.96.